The van der Waals surface area contributed by atoms with Gasteiger partial charge in [0, 0.05) is 22.7 Å². The lowest BCUT2D eigenvalue weighted by molar-refractivity contribution is 0.376. The molecule has 2 aromatic rings. The summed E-state index contributed by atoms with van der Waals surface area (Å²) in [6.45, 7) is 1.72. The monoisotopic (exact) mass is 427 g/mol. The average molecular weight is 428 g/mol. The lowest BCUT2D eigenvalue weighted by atomic mass is 9.72. The van der Waals surface area contributed by atoms with Crippen LogP contribution in [0.25, 0.3) is 0 Å². The lowest BCUT2D eigenvalue weighted by Crippen LogP contribution is -2.45. The van der Waals surface area contributed by atoms with E-state index >= 15 is 0 Å². The molecule has 0 aromatic heterocycles. The number of benzene rings is 2. The Hall–Kier alpha value is -1.49. The van der Waals surface area contributed by atoms with Crippen LogP contribution in [0.4, 0.5) is 5.69 Å². The van der Waals surface area contributed by atoms with Crippen molar-refractivity contribution in [3.63, 3.8) is 0 Å². The predicted molar refractivity (Wildman–Crippen MR) is 128 cm³/mol. The van der Waals surface area contributed by atoms with Crippen LogP contribution in [0.3, 0.4) is 0 Å². The molecule has 29 heavy (non-hydrogen) atoms. The van der Waals surface area contributed by atoms with Crippen LogP contribution < -0.4 is 5.32 Å². The number of amidine groups is 1. The number of fused-ring (bicyclic) bond motifs is 1. The number of hydrogen-bond acceptors (Lipinski definition) is 3. The zero-order chi connectivity index (χ0) is 20.3. The Kier molecular flexibility index (Phi) is 6.53. The molecule has 1 fully saturated rings. The first-order valence-corrected chi connectivity index (χ1v) is 12.0. The summed E-state index contributed by atoms with van der Waals surface area (Å²) < 4.78 is 0. The number of nitrogens with zero attached hydrogens (tertiary/aromatic N) is 2. The second kappa shape index (κ2) is 9.11. The molecule has 2 aliphatic heterocycles. The van der Waals surface area contributed by atoms with Crippen LogP contribution in [0.1, 0.15) is 29.5 Å². The number of thioether (sulfide) groups is 1. The summed E-state index contributed by atoms with van der Waals surface area (Å²) in [6.07, 6.45) is 4.54. The van der Waals surface area contributed by atoms with Gasteiger partial charge in [-0.05, 0) is 80.1 Å². The minimum Gasteiger partial charge on any atom is -0.343 e. The SMILES string of the molecule is CN(C)CCc1cccc2c1NC(=NCc1cccc(Cl)c1)C1(CCSCC1)C2. The Morgan fingerprint density at radius 2 is 1.93 bits per heavy atom. The van der Waals surface area contributed by atoms with Gasteiger partial charge in [0.15, 0.2) is 0 Å². The smallest absolute Gasteiger partial charge is 0.108 e. The normalized spacial score (nSPS) is 19.4. The Bertz CT molecular complexity index is 887. The number of rotatable bonds is 5. The van der Waals surface area contributed by atoms with Crippen LogP contribution in [0.15, 0.2) is 47.5 Å². The molecule has 5 heteroatoms. The van der Waals surface area contributed by atoms with Crippen molar-refractivity contribution in [1.29, 1.82) is 0 Å². The van der Waals surface area contributed by atoms with Crippen molar-refractivity contribution in [3.05, 3.63) is 64.2 Å². The van der Waals surface area contributed by atoms with Gasteiger partial charge in [-0.1, -0.05) is 41.9 Å². The highest BCUT2D eigenvalue weighted by atomic mass is 35.5. The molecular formula is C24H30ClN3S. The zero-order valence-electron chi connectivity index (χ0n) is 17.4. The molecule has 2 heterocycles. The van der Waals surface area contributed by atoms with Crippen molar-refractivity contribution < 1.29 is 0 Å². The van der Waals surface area contributed by atoms with Gasteiger partial charge >= 0.3 is 0 Å². The zero-order valence-corrected chi connectivity index (χ0v) is 19.0. The number of aliphatic imine (C=N–C) groups is 1. The van der Waals surface area contributed by atoms with Gasteiger partial charge in [0.1, 0.15) is 5.84 Å². The fraction of sp³-hybridized carbons (Fsp3) is 0.458. The van der Waals surface area contributed by atoms with Gasteiger partial charge in [-0.15, -0.1) is 0 Å². The topological polar surface area (TPSA) is 27.6 Å². The summed E-state index contributed by atoms with van der Waals surface area (Å²) in [5.41, 5.74) is 5.46. The van der Waals surface area contributed by atoms with E-state index in [1.54, 1.807) is 0 Å². The third kappa shape index (κ3) is 4.82. The first kappa shape index (κ1) is 20.8. The van der Waals surface area contributed by atoms with Crippen LogP contribution in [-0.4, -0.2) is 42.9 Å². The van der Waals surface area contributed by atoms with Gasteiger partial charge in [0.05, 0.1) is 6.54 Å². The average Bonchev–Trinajstić information content (AvgIpc) is 2.71. The highest BCUT2D eigenvalue weighted by Crippen LogP contribution is 2.45. The lowest BCUT2D eigenvalue weighted by Gasteiger charge is -2.43. The molecule has 4 rings (SSSR count). The molecule has 0 bridgehead atoms. The van der Waals surface area contributed by atoms with Crippen molar-refractivity contribution in [2.24, 2.45) is 10.4 Å². The number of anilines is 1. The number of likely N-dealkylation sites (N-methyl/N-ethyl adjacent to an activating group) is 1. The largest absolute Gasteiger partial charge is 0.343 e. The van der Waals surface area contributed by atoms with Gasteiger partial charge in [-0.25, -0.2) is 0 Å². The first-order chi connectivity index (χ1) is 14.1. The molecule has 0 saturated carbocycles. The molecule has 3 nitrogen and oxygen atoms in total. The maximum Gasteiger partial charge on any atom is 0.108 e. The summed E-state index contributed by atoms with van der Waals surface area (Å²) in [7, 11) is 4.27. The second-order valence-corrected chi connectivity index (χ2v) is 10.2. The molecule has 154 valence electrons. The quantitative estimate of drug-likeness (QED) is 0.680. The molecule has 0 amide bonds. The third-order valence-corrected chi connectivity index (χ3v) is 7.32. The van der Waals surface area contributed by atoms with Crippen LogP contribution in [-0.2, 0) is 19.4 Å². The van der Waals surface area contributed by atoms with E-state index in [0.717, 1.165) is 24.4 Å². The van der Waals surface area contributed by atoms with Crippen LogP contribution in [0, 0.1) is 5.41 Å². The first-order valence-electron chi connectivity index (χ1n) is 10.5. The third-order valence-electron chi connectivity index (χ3n) is 6.10. The summed E-state index contributed by atoms with van der Waals surface area (Å²) in [5.74, 6) is 3.61. The van der Waals surface area contributed by atoms with Crippen molar-refractivity contribution in [3.8, 4) is 0 Å². The molecule has 1 saturated heterocycles. The van der Waals surface area contributed by atoms with Crippen molar-refractivity contribution >= 4 is 34.9 Å². The number of hydrogen-bond donors (Lipinski definition) is 1. The van der Waals surface area contributed by atoms with Crippen LogP contribution >= 0.6 is 23.4 Å². The molecule has 1 N–H and O–H groups in total. The molecule has 0 atom stereocenters. The van der Waals surface area contributed by atoms with E-state index in [1.165, 1.54) is 52.6 Å². The van der Waals surface area contributed by atoms with E-state index in [9.17, 15) is 0 Å². The molecule has 2 aromatic carbocycles. The molecule has 1 spiro atoms. The van der Waals surface area contributed by atoms with E-state index < -0.39 is 0 Å². The van der Waals surface area contributed by atoms with Crippen molar-refractivity contribution in [2.75, 3.05) is 37.5 Å². The van der Waals surface area contributed by atoms with Gasteiger partial charge < -0.3 is 10.2 Å². The van der Waals surface area contributed by atoms with E-state index in [0.29, 0.717) is 6.54 Å². The summed E-state index contributed by atoms with van der Waals surface area (Å²) in [6, 6.07) is 14.9. The second-order valence-electron chi connectivity index (χ2n) is 8.49. The Balaban J connectivity index is 1.66. The van der Waals surface area contributed by atoms with Gasteiger partial charge in [-0.2, -0.15) is 11.8 Å². The Morgan fingerprint density at radius 1 is 1.14 bits per heavy atom. The standard InChI is InChI=1S/C24H30ClN3S/c1-28(2)12-9-19-6-4-7-20-16-24(10-13-29-14-11-24)23(27-22(19)20)26-17-18-5-3-8-21(25)15-18/h3-8,15H,9-14,16-17H2,1-2H3,(H,26,27). The molecule has 2 aliphatic rings. The fourth-order valence-electron chi connectivity index (χ4n) is 4.40. The summed E-state index contributed by atoms with van der Waals surface area (Å²) in [4.78, 5) is 7.38. The Morgan fingerprint density at radius 3 is 2.69 bits per heavy atom. The van der Waals surface area contributed by atoms with E-state index in [1.807, 2.05) is 18.2 Å². The van der Waals surface area contributed by atoms with Gasteiger partial charge in [0.2, 0.25) is 0 Å². The molecule has 0 aliphatic carbocycles. The number of nitrogens with one attached hydrogen (secondary N) is 1. The van der Waals surface area contributed by atoms with E-state index in [2.05, 4.69) is 60.3 Å². The number of para-hydroxylation sites is 1. The fourth-order valence-corrected chi connectivity index (χ4v) is 5.89. The summed E-state index contributed by atoms with van der Waals surface area (Å²) >= 11 is 8.26. The molecule has 0 unspecified atom stereocenters. The highest BCUT2D eigenvalue weighted by molar-refractivity contribution is 7.99. The van der Waals surface area contributed by atoms with Gasteiger partial charge in [0.25, 0.3) is 0 Å². The number of halogens is 1. The summed E-state index contributed by atoms with van der Waals surface area (Å²) in [5, 5.41) is 4.60. The minimum absolute atomic E-state index is 0.150. The van der Waals surface area contributed by atoms with E-state index in [-0.39, 0.29) is 5.41 Å². The van der Waals surface area contributed by atoms with Gasteiger partial charge in [-0.3, -0.25) is 4.99 Å². The van der Waals surface area contributed by atoms with E-state index in [4.69, 9.17) is 16.6 Å². The molecule has 0 radical (unpaired) electrons. The predicted octanol–water partition coefficient (Wildman–Crippen LogP) is 5.52. The maximum atomic E-state index is 6.19. The van der Waals surface area contributed by atoms with Crippen LogP contribution in [0.5, 0.6) is 0 Å². The van der Waals surface area contributed by atoms with Crippen molar-refractivity contribution in [1.82, 2.24) is 4.90 Å². The highest BCUT2D eigenvalue weighted by Gasteiger charge is 2.41. The Labute approximate surface area is 183 Å². The van der Waals surface area contributed by atoms with Crippen molar-refractivity contribution in [2.45, 2.75) is 32.2 Å². The molecular weight excluding hydrogens is 398 g/mol. The minimum atomic E-state index is 0.150. The maximum absolute atomic E-state index is 6.19. The van der Waals surface area contributed by atoms with Crippen LogP contribution in [0.2, 0.25) is 5.02 Å².